The number of anilines is 1. The van der Waals surface area contributed by atoms with Crippen molar-refractivity contribution < 1.29 is 18.0 Å². The highest BCUT2D eigenvalue weighted by Gasteiger charge is 2.34. The lowest BCUT2D eigenvalue weighted by atomic mass is 10.1. The Bertz CT molecular complexity index is 1360. The standard InChI is InChI=1S/C29H34ClN3O4S/c1-5-26(29(35)31-6-2)32(19-23-15-12-21(3)13-16-23)28(34)20-33(27-18-24(30)17-14-22(27)4)38(36,37)25-10-8-7-9-11-25/h7-18,26H,5-6,19-20H2,1-4H3,(H,31,35)/t26-/m1/s1. The number of likely N-dealkylation sites (N-methyl/N-ethyl adjacent to an activating group) is 1. The van der Waals surface area contributed by atoms with Gasteiger partial charge in [0.25, 0.3) is 10.0 Å². The second-order valence-corrected chi connectivity index (χ2v) is 11.4. The second-order valence-electron chi connectivity index (χ2n) is 9.08. The smallest absolute Gasteiger partial charge is 0.264 e. The Kier molecular flexibility index (Phi) is 9.94. The minimum absolute atomic E-state index is 0.0491. The highest BCUT2D eigenvalue weighted by atomic mass is 35.5. The van der Waals surface area contributed by atoms with Crippen LogP contribution in [0.15, 0.2) is 77.7 Å². The number of rotatable bonds is 11. The Hall–Kier alpha value is -3.36. The molecule has 2 amide bonds. The largest absolute Gasteiger partial charge is 0.355 e. The van der Waals surface area contributed by atoms with Gasteiger partial charge in [-0.15, -0.1) is 0 Å². The zero-order valence-corrected chi connectivity index (χ0v) is 23.7. The third-order valence-electron chi connectivity index (χ3n) is 6.26. The molecular weight excluding hydrogens is 522 g/mol. The van der Waals surface area contributed by atoms with Crippen LogP contribution in [0.3, 0.4) is 0 Å². The summed E-state index contributed by atoms with van der Waals surface area (Å²) in [5, 5.41) is 3.15. The van der Waals surface area contributed by atoms with Crippen LogP contribution < -0.4 is 9.62 Å². The van der Waals surface area contributed by atoms with Crippen molar-refractivity contribution in [3.63, 3.8) is 0 Å². The molecule has 1 N–H and O–H groups in total. The van der Waals surface area contributed by atoms with E-state index >= 15 is 0 Å². The van der Waals surface area contributed by atoms with Crippen molar-refractivity contribution >= 4 is 39.1 Å². The first-order valence-electron chi connectivity index (χ1n) is 12.5. The van der Waals surface area contributed by atoms with Gasteiger partial charge >= 0.3 is 0 Å². The van der Waals surface area contributed by atoms with Gasteiger partial charge in [0.05, 0.1) is 10.6 Å². The maximum atomic E-state index is 14.0. The molecule has 3 aromatic carbocycles. The van der Waals surface area contributed by atoms with Crippen LogP contribution in [0.25, 0.3) is 0 Å². The van der Waals surface area contributed by atoms with E-state index in [0.717, 1.165) is 15.4 Å². The zero-order valence-electron chi connectivity index (χ0n) is 22.1. The molecule has 9 heteroatoms. The van der Waals surface area contributed by atoms with Gasteiger partial charge < -0.3 is 10.2 Å². The van der Waals surface area contributed by atoms with E-state index in [1.54, 1.807) is 37.3 Å². The molecule has 0 aliphatic carbocycles. The summed E-state index contributed by atoms with van der Waals surface area (Å²) in [4.78, 5) is 28.5. The lowest BCUT2D eigenvalue weighted by molar-refractivity contribution is -0.140. The van der Waals surface area contributed by atoms with Gasteiger partial charge in [-0.1, -0.05) is 72.6 Å². The van der Waals surface area contributed by atoms with E-state index in [1.807, 2.05) is 45.0 Å². The second kappa shape index (κ2) is 12.9. The van der Waals surface area contributed by atoms with Crippen LogP contribution in [0.2, 0.25) is 5.02 Å². The number of sulfonamides is 1. The molecular formula is C29H34ClN3O4S. The summed E-state index contributed by atoms with van der Waals surface area (Å²) in [6, 6.07) is 19.8. The number of benzene rings is 3. The van der Waals surface area contributed by atoms with E-state index in [1.165, 1.54) is 23.1 Å². The predicted octanol–water partition coefficient (Wildman–Crippen LogP) is 5.10. The lowest BCUT2D eigenvalue weighted by Crippen LogP contribution is -2.52. The summed E-state index contributed by atoms with van der Waals surface area (Å²) in [5.74, 6) is -0.783. The molecule has 3 aromatic rings. The fourth-order valence-corrected chi connectivity index (χ4v) is 5.84. The Labute approximate surface area is 230 Å². The lowest BCUT2D eigenvalue weighted by Gasteiger charge is -2.33. The summed E-state index contributed by atoms with van der Waals surface area (Å²) in [5.41, 5.74) is 2.85. The molecule has 7 nitrogen and oxygen atoms in total. The number of carbonyl (C=O) groups excluding carboxylic acids is 2. The molecule has 0 aromatic heterocycles. The first-order chi connectivity index (χ1) is 18.1. The summed E-state index contributed by atoms with van der Waals surface area (Å²) in [7, 11) is -4.14. The number of aryl methyl sites for hydroxylation is 2. The average Bonchev–Trinajstić information content (AvgIpc) is 2.90. The molecule has 202 valence electrons. The third-order valence-corrected chi connectivity index (χ3v) is 8.27. The topological polar surface area (TPSA) is 86.8 Å². The summed E-state index contributed by atoms with van der Waals surface area (Å²) < 4.78 is 28.8. The summed E-state index contributed by atoms with van der Waals surface area (Å²) >= 11 is 6.26. The third kappa shape index (κ3) is 6.94. The van der Waals surface area contributed by atoms with E-state index in [-0.39, 0.29) is 17.3 Å². The number of carbonyl (C=O) groups is 2. The SMILES string of the molecule is CCNC(=O)[C@@H](CC)N(Cc1ccc(C)cc1)C(=O)CN(c1cc(Cl)ccc1C)S(=O)(=O)c1ccccc1. The van der Waals surface area contributed by atoms with E-state index in [0.29, 0.717) is 29.2 Å². The van der Waals surface area contributed by atoms with Gasteiger partial charge in [0, 0.05) is 18.1 Å². The quantitative estimate of drug-likeness (QED) is 0.357. The number of nitrogens with one attached hydrogen (secondary N) is 1. The Morgan fingerprint density at radius 1 is 0.947 bits per heavy atom. The zero-order chi connectivity index (χ0) is 27.9. The molecule has 0 fully saturated rings. The molecule has 0 aliphatic heterocycles. The number of amides is 2. The van der Waals surface area contributed by atoms with E-state index in [4.69, 9.17) is 11.6 Å². The number of hydrogen-bond donors (Lipinski definition) is 1. The van der Waals surface area contributed by atoms with Crippen LogP contribution in [0.4, 0.5) is 5.69 Å². The first kappa shape index (κ1) is 29.2. The van der Waals surface area contributed by atoms with E-state index in [9.17, 15) is 18.0 Å². The number of nitrogens with zero attached hydrogens (tertiary/aromatic N) is 2. The van der Waals surface area contributed by atoms with Crippen molar-refractivity contribution in [1.29, 1.82) is 0 Å². The van der Waals surface area contributed by atoms with Gasteiger partial charge in [-0.25, -0.2) is 8.42 Å². The van der Waals surface area contributed by atoms with Crippen molar-refractivity contribution in [2.45, 2.75) is 51.6 Å². The molecule has 0 saturated carbocycles. The van der Waals surface area contributed by atoms with Crippen molar-refractivity contribution in [3.05, 3.63) is 94.5 Å². The van der Waals surface area contributed by atoms with Gasteiger partial charge in [0.2, 0.25) is 11.8 Å². The van der Waals surface area contributed by atoms with Crippen LogP contribution in [-0.2, 0) is 26.2 Å². The minimum atomic E-state index is -4.14. The molecule has 0 bridgehead atoms. The Morgan fingerprint density at radius 2 is 1.61 bits per heavy atom. The van der Waals surface area contributed by atoms with Gasteiger partial charge in [0.1, 0.15) is 12.6 Å². The normalized spacial score (nSPS) is 12.0. The van der Waals surface area contributed by atoms with Crippen LogP contribution in [0.5, 0.6) is 0 Å². The Balaban J connectivity index is 2.08. The predicted molar refractivity (Wildman–Crippen MR) is 152 cm³/mol. The highest BCUT2D eigenvalue weighted by molar-refractivity contribution is 7.92. The monoisotopic (exact) mass is 555 g/mol. The molecule has 0 saturated heterocycles. The molecule has 0 heterocycles. The molecule has 0 unspecified atom stereocenters. The van der Waals surface area contributed by atoms with Gasteiger partial charge in [0.15, 0.2) is 0 Å². The summed E-state index contributed by atoms with van der Waals surface area (Å²) in [6.07, 6.45) is 0.366. The first-order valence-corrected chi connectivity index (χ1v) is 14.4. The number of halogens is 1. The molecule has 38 heavy (non-hydrogen) atoms. The molecule has 0 aliphatic rings. The van der Waals surface area contributed by atoms with Crippen molar-refractivity contribution in [1.82, 2.24) is 10.2 Å². The summed E-state index contributed by atoms with van der Waals surface area (Å²) in [6.45, 7) is 7.44. The van der Waals surface area contributed by atoms with Gasteiger partial charge in [-0.2, -0.15) is 0 Å². The Morgan fingerprint density at radius 3 is 2.21 bits per heavy atom. The van der Waals surface area contributed by atoms with Crippen LogP contribution in [0.1, 0.15) is 37.0 Å². The van der Waals surface area contributed by atoms with E-state index < -0.39 is 28.5 Å². The average molecular weight is 556 g/mol. The maximum Gasteiger partial charge on any atom is 0.264 e. The molecule has 0 radical (unpaired) electrons. The van der Waals surface area contributed by atoms with Crippen molar-refractivity contribution in [2.24, 2.45) is 0 Å². The molecule has 3 rings (SSSR count). The van der Waals surface area contributed by atoms with Crippen molar-refractivity contribution in [3.8, 4) is 0 Å². The van der Waals surface area contributed by atoms with Gasteiger partial charge in [-0.05, 0) is 62.6 Å². The number of hydrogen-bond acceptors (Lipinski definition) is 4. The minimum Gasteiger partial charge on any atom is -0.355 e. The van der Waals surface area contributed by atoms with Crippen molar-refractivity contribution in [2.75, 3.05) is 17.4 Å². The maximum absolute atomic E-state index is 14.0. The fraction of sp³-hybridized carbons (Fsp3) is 0.310. The van der Waals surface area contributed by atoms with Gasteiger partial charge in [-0.3, -0.25) is 13.9 Å². The van der Waals surface area contributed by atoms with E-state index in [2.05, 4.69) is 5.32 Å². The fourth-order valence-electron chi connectivity index (χ4n) is 4.19. The van der Waals surface area contributed by atoms with Crippen LogP contribution in [0, 0.1) is 13.8 Å². The molecule has 0 spiro atoms. The highest BCUT2D eigenvalue weighted by Crippen LogP contribution is 2.30. The van der Waals surface area contributed by atoms with Crippen LogP contribution >= 0.6 is 11.6 Å². The van der Waals surface area contributed by atoms with Crippen LogP contribution in [-0.4, -0.2) is 44.3 Å². The molecule has 1 atom stereocenters.